The van der Waals surface area contributed by atoms with Crippen LogP contribution in [0.15, 0.2) is 33.7 Å². The molecular formula is C19H28N4O. The summed E-state index contributed by atoms with van der Waals surface area (Å²) < 4.78 is 5.95. The van der Waals surface area contributed by atoms with Crippen LogP contribution in [0, 0.1) is 12.8 Å². The molecule has 130 valence electrons. The predicted molar refractivity (Wildman–Crippen MR) is 99.4 cm³/mol. The number of furan rings is 1. The Kier molecular flexibility index (Phi) is 5.41. The van der Waals surface area contributed by atoms with Gasteiger partial charge in [0.1, 0.15) is 11.3 Å². The number of aliphatic imine (C=N–C) groups is 1. The molecule has 0 radical (unpaired) electrons. The monoisotopic (exact) mass is 328 g/mol. The van der Waals surface area contributed by atoms with Crippen molar-refractivity contribution in [1.29, 1.82) is 0 Å². The molecule has 3 rings (SSSR count). The largest absolute Gasteiger partial charge is 0.459 e. The highest BCUT2D eigenvalue weighted by Gasteiger charge is 2.17. The maximum Gasteiger partial charge on any atom is 0.191 e. The molecule has 1 fully saturated rings. The Balaban J connectivity index is 1.53. The quantitative estimate of drug-likeness (QED) is 0.669. The number of fused-ring (bicyclic) bond motifs is 1. The number of benzene rings is 1. The van der Waals surface area contributed by atoms with Crippen molar-refractivity contribution in [2.24, 2.45) is 10.9 Å². The van der Waals surface area contributed by atoms with E-state index < -0.39 is 0 Å². The number of nitrogens with zero attached hydrogens (tertiary/aromatic N) is 2. The van der Waals surface area contributed by atoms with Crippen molar-refractivity contribution in [3.63, 3.8) is 0 Å². The lowest BCUT2D eigenvalue weighted by Crippen LogP contribution is -2.42. The van der Waals surface area contributed by atoms with Crippen molar-refractivity contribution < 1.29 is 4.42 Å². The molecule has 24 heavy (non-hydrogen) atoms. The van der Waals surface area contributed by atoms with Gasteiger partial charge in [0.25, 0.3) is 0 Å². The van der Waals surface area contributed by atoms with Gasteiger partial charge in [-0.1, -0.05) is 18.2 Å². The smallest absolute Gasteiger partial charge is 0.191 e. The van der Waals surface area contributed by atoms with Crippen molar-refractivity contribution in [2.75, 3.05) is 33.7 Å². The summed E-state index contributed by atoms with van der Waals surface area (Å²) in [4.78, 5) is 6.73. The summed E-state index contributed by atoms with van der Waals surface area (Å²) in [6.45, 7) is 6.12. The minimum atomic E-state index is 0.646. The zero-order valence-corrected chi connectivity index (χ0v) is 14.9. The van der Waals surface area contributed by atoms with Gasteiger partial charge >= 0.3 is 0 Å². The molecule has 0 spiro atoms. The Morgan fingerprint density at radius 1 is 1.25 bits per heavy atom. The first-order valence-corrected chi connectivity index (χ1v) is 8.77. The van der Waals surface area contributed by atoms with Gasteiger partial charge in [0.15, 0.2) is 5.96 Å². The molecule has 1 saturated heterocycles. The van der Waals surface area contributed by atoms with Crippen LogP contribution >= 0.6 is 0 Å². The topological polar surface area (TPSA) is 52.8 Å². The van der Waals surface area contributed by atoms with Crippen LogP contribution in [0.3, 0.4) is 0 Å². The molecule has 0 amide bonds. The van der Waals surface area contributed by atoms with Gasteiger partial charge in [0.2, 0.25) is 0 Å². The number of rotatable bonds is 4. The Morgan fingerprint density at radius 2 is 2.00 bits per heavy atom. The summed E-state index contributed by atoms with van der Waals surface area (Å²) in [5.74, 6) is 2.54. The van der Waals surface area contributed by atoms with Crippen LogP contribution in [0.2, 0.25) is 0 Å². The number of para-hydroxylation sites is 1. The second-order valence-electron chi connectivity index (χ2n) is 6.70. The minimum absolute atomic E-state index is 0.646. The van der Waals surface area contributed by atoms with Crippen LogP contribution in [0.25, 0.3) is 11.0 Å². The molecule has 2 heterocycles. The first-order chi connectivity index (χ1) is 11.7. The highest BCUT2D eigenvalue weighted by Crippen LogP contribution is 2.24. The lowest BCUT2D eigenvalue weighted by molar-refractivity contribution is 0.220. The van der Waals surface area contributed by atoms with Crippen molar-refractivity contribution in [2.45, 2.75) is 26.3 Å². The second-order valence-corrected chi connectivity index (χ2v) is 6.70. The lowest BCUT2D eigenvalue weighted by Gasteiger charge is -2.29. The van der Waals surface area contributed by atoms with Gasteiger partial charge in [-0.25, -0.2) is 0 Å². The molecule has 5 nitrogen and oxygen atoms in total. The predicted octanol–water partition coefficient (Wildman–Crippen LogP) is 2.75. The van der Waals surface area contributed by atoms with Crippen LogP contribution in [0.4, 0.5) is 0 Å². The van der Waals surface area contributed by atoms with Crippen LogP contribution in [-0.2, 0) is 6.54 Å². The summed E-state index contributed by atoms with van der Waals surface area (Å²) in [7, 11) is 4.01. The van der Waals surface area contributed by atoms with Crippen LogP contribution in [0.5, 0.6) is 0 Å². The number of aryl methyl sites for hydroxylation is 1. The number of hydrogen-bond acceptors (Lipinski definition) is 3. The van der Waals surface area contributed by atoms with E-state index in [-0.39, 0.29) is 0 Å². The van der Waals surface area contributed by atoms with Crippen LogP contribution in [0.1, 0.15) is 24.2 Å². The molecule has 2 N–H and O–H groups in total. The molecule has 2 aromatic rings. The van der Waals surface area contributed by atoms with Gasteiger partial charge in [-0.3, -0.25) is 4.99 Å². The lowest BCUT2D eigenvalue weighted by atomic mass is 9.97. The SMILES string of the molecule is CN=C(NCc1oc2ccccc2c1C)NCC1CCN(C)CC1. The van der Waals surface area contributed by atoms with Crippen LogP contribution in [-0.4, -0.2) is 44.6 Å². The Morgan fingerprint density at radius 3 is 2.71 bits per heavy atom. The van der Waals surface area contributed by atoms with E-state index in [2.05, 4.69) is 40.6 Å². The number of piperidine rings is 1. The summed E-state index contributed by atoms with van der Waals surface area (Å²) in [6, 6.07) is 8.17. The van der Waals surface area contributed by atoms with Gasteiger partial charge in [-0.05, 0) is 51.9 Å². The minimum Gasteiger partial charge on any atom is -0.459 e. The molecule has 1 aliphatic heterocycles. The molecule has 1 aliphatic rings. The molecule has 1 aromatic heterocycles. The average Bonchev–Trinajstić information content (AvgIpc) is 2.93. The first-order valence-electron chi connectivity index (χ1n) is 8.77. The zero-order valence-electron chi connectivity index (χ0n) is 14.9. The van der Waals surface area contributed by atoms with Gasteiger partial charge in [-0.2, -0.15) is 0 Å². The van der Waals surface area contributed by atoms with E-state index in [0.29, 0.717) is 6.54 Å². The van der Waals surface area contributed by atoms with E-state index >= 15 is 0 Å². The van der Waals surface area contributed by atoms with E-state index in [1.165, 1.54) is 36.9 Å². The molecule has 0 unspecified atom stereocenters. The average molecular weight is 328 g/mol. The second kappa shape index (κ2) is 7.71. The van der Waals surface area contributed by atoms with E-state index in [0.717, 1.165) is 29.8 Å². The normalized spacial score (nSPS) is 17.4. The molecule has 0 aliphatic carbocycles. The molecule has 0 bridgehead atoms. The van der Waals surface area contributed by atoms with Gasteiger partial charge in [-0.15, -0.1) is 0 Å². The number of hydrogen-bond donors (Lipinski definition) is 2. The fourth-order valence-corrected chi connectivity index (χ4v) is 3.29. The van der Waals surface area contributed by atoms with Gasteiger partial charge in [0.05, 0.1) is 6.54 Å². The number of guanidine groups is 1. The van der Waals surface area contributed by atoms with E-state index in [1.807, 2.05) is 25.2 Å². The standard InChI is InChI=1S/C19H28N4O/c1-14-16-6-4-5-7-17(16)24-18(14)13-22-19(20-2)21-12-15-8-10-23(3)11-9-15/h4-7,15H,8-13H2,1-3H3,(H2,20,21,22). The van der Waals surface area contributed by atoms with E-state index in [1.54, 1.807) is 0 Å². The Hall–Kier alpha value is -2.01. The zero-order chi connectivity index (χ0) is 16.9. The molecule has 5 heteroatoms. The fourth-order valence-electron chi connectivity index (χ4n) is 3.29. The highest BCUT2D eigenvalue weighted by molar-refractivity contribution is 5.82. The van der Waals surface area contributed by atoms with Crippen LogP contribution < -0.4 is 10.6 Å². The summed E-state index contributed by atoms with van der Waals surface area (Å²) in [5, 5.41) is 8.01. The molecular weight excluding hydrogens is 300 g/mol. The highest BCUT2D eigenvalue weighted by atomic mass is 16.3. The third-order valence-corrected chi connectivity index (χ3v) is 4.98. The van der Waals surface area contributed by atoms with E-state index in [9.17, 15) is 0 Å². The summed E-state index contributed by atoms with van der Waals surface area (Å²) in [5.41, 5.74) is 2.14. The Bertz CT molecular complexity index is 698. The maximum atomic E-state index is 5.95. The summed E-state index contributed by atoms with van der Waals surface area (Å²) >= 11 is 0. The summed E-state index contributed by atoms with van der Waals surface area (Å²) in [6.07, 6.45) is 2.51. The molecule has 0 saturated carbocycles. The number of nitrogens with one attached hydrogen (secondary N) is 2. The van der Waals surface area contributed by atoms with Crippen molar-refractivity contribution in [3.8, 4) is 0 Å². The first kappa shape index (κ1) is 16.8. The maximum absolute atomic E-state index is 5.95. The van der Waals surface area contributed by atoms with Crippen molar-refractivity contribution >= 4 is 16.9 Å². The van der Waals surface area contributed by atoms with Gasteiger partial charge in [0, 0.05) is 24.5 Å². The Labute approximate surface area is 144 Å². The van der Waals surface area contributed by atoms with Gasteiger partial charge < -0.3 is 20.0 Å². The fraction of sp³-hybridized carbons (Fsp3) is 0.526. The molecule has 0 atom stereocenters. The third-order valence-electron chi connectivity index (χ3n) is 4.98. The van der Waals surface area contributed by atoms with Crippen molar-refractivity contribution in [1.82, 2.24) is 15.5 Å². The van der Waals surface area contributed by atoms with E-state index in [4.69, 9.17) is 4.42 Å². The van der Waals surface area contributed by atoms with Crippen molar-refractivity contribution in [3.05, 3.63) is 35.6 Å². The third kappa shape index (κ3) is 3.90. The molecule has 1 aromatic carbocycles. The number of likely N-dealkylation sites (tertiary alicyclic amines) is 1.